The van der Waals surface area contributed by atoms with Crippen LogP contribution in [0.4, 0.5) is 0 Å². The Morgan fingerprint density at radius 3 is 2.33 bits per heavy atom. The minimum Gasteiger partial charge on any atom is -0.368 e. The number of nitrogens with two attached hydrogens (primary N) is 1. The van der Waals surface area contributed by atoms with Gasteiger partial charge in [-0.05, 0) is 6.42 Å². The Labute approximate surface area is 101 Å². The Bertz CT molecular complexity index is 148. The molecule has 0 fully saturated rings. The molecule has 0 heterocycles. The first-order chi connectivity index (χ1) is 5.50. The van der Waals surface area contributed by atoms with E-state index in [1.165, 1.54) is 19.3 Å². The smallest absolute Gasteiger partial charge is 0.243 e. The Kier molecular flexibility index (Phi) is 6.89. The van der Waals surface area contributed by atoms with Crippen LogP contribution in [0.15, 0.2) is 0 Å². The first-order valence-electron chi connectivity index (χ1n) is 4.18. The standard InChI is InChI=1S/C8H15I2NO/c1-2-3-4-5-6-8(9,10)7(11)12/h2-6H2,1H3,(H2,11,12). The van der Waals surface area contributed by atoms with Crippen molar-refractivity contribution in [3.63, 3.8) is 0 Å². The summed E-state index contributed by atoms with van der Waals surface area (Å²) in [6.07, 6.45) is 5.68. The van der Waals surface area contributed by atoms with Crippen LogP contribution < -0.4 is 5.73 Å². The Hall–Kier alpha value is 0.930. The van der Waals surface area contributed by atoms with Gasteiger partial charge in [-0.25, -0.2) is 0 Å². The molecule has 12 heavy (non-hydrogen) atoms. The van der Waals surface area contributed by atoms with Crippen LogP contribution in [0.1, 0.15) is 39.0 Å². The van der Waals surface area contributed by atoms with E-state index in [4.69, 9.17) is 5.73 Å². The Balaban J connectivity index is 3.54. The van der Waals surface area contributed by atoms with Gasteiger partial charge in [0.25, 0.3) is 0 Å². The molecule has 0 unspecified atom stereocenters. The van der Waals surface area contributed by atoms with Crippen LogP contribution in [0, 0.1) is 0 Å². The van der Waals surface area contributed by atoms with Gasteiger partial charge in [0.1, 0.15) is 0 Å². The summed E-state index contributed by atoms with van der Waals surface area (Å²) in [7, 11) is 0. The van der Waals surface area contributed by atoms with E-state index in [0.29, 0.717) is 0 Å². The fourth-order valence-electron chi connectivity index (χ4n) is 0.897. The van der Waals surface area contributed by atoms with Gasteiger partial charge >= 0.3 is 0 Å². The molecule has 72 valence electrons. The van der Waals surface area contributed by atoms with Gasteiger partial charge in [0.2, 0.25) is 5.91 Å². The van der Waals surface area contributed by atoms with Crippen molar-refractivity contribution in [3.8, 4) is 0 Å². The second kappa shape index (κ2) is 6.39. The maximum absolute atomic E-state index is 10.9. The van der Waals surface area contributed by atoms with E-state index < -0.39 is 0 Å². The van der Waals surface area contributed by atoms with Crippen molar-refractivity contribution in [1.29, 1.82) is 0 Å². The molecular formula is C8H15I2NO. The number of hydrogen-bond acceptors (Lipinski definition) is 1. The minimum absolute atomic E-state index is 0.208. The minimum atomic E-state index is -0.372. The lowest BCUT2D eigenvalue weighted by Gasteiger charge is -2.15. The molecule has 1 amide bonds. The zero-order valence-electron chi connectivity index (χ0n) is 7.28. The number of alkyl halides is 2. The zero-order valence-corrected chi connectivity index (χ0v) is 11.6. The lowest BCUT2D eigenvalue weighted by atomic mass is 10.1. The molecule has 0 aromatic heterocycles. The van der Waals surface area contributed by atoms with E-state index >= 15 is 0 Å². The largest absolute Gasteiger partial charge is 0.368 e. The first-order valence-corrected chi connectivity index (χ1v) is 6.34. The SMILES string of the molecule is CCCCCCC(I)(I)C(N)=O. The van der Waals surface area contributed by atoms with Crippen molar-refractivity contribution in [3.05, 3.63) is 0 Å². The number of primary amides is 1. The van der Waals surface area contributed by atoms with E-state index in [0.717, 1.165) is 12.8 Å². The average molecular weight is 395 g/mol. The predicted octanol–water partition coefficient (Wildman–Crippen LogP) is 3.01. The van der Waals surface area contributed by atoms with Crippen LogP contribution in [0.25, 0.3) is 0 Å². The molecule has 0 rings (SSSR count). The van der Waals surface area contributed by atoms with Gasteiger partial charge < -0.3 is 5.73 Å². The van der Waals surface area contributed by atoms with E-state index in [1.807, 2.05) is 0 Å². The molecule has 0 radical (unpaired) electrons. The number of halogens is 2. The second-order valence-electron chi connectivity index (χ2n) is 2.88. The molecule has 0 aromatic rings. The van der Waals surface area contributed by atoms with E-state index in [2.05, 4.69) is 52.1 Å². The summed E-state index contributed by atoms with van der Waals surface area (Å²) >= 11 is 4.26. The van der Waals surface area contributed by atoms with Crippen molar-refractivity contribution >= 4 is 51.1 Å². The molecule has 4 heteroatoms. The highest BCUT2D eigenvalue weighted by molar-refractivity contribution is 14.2. The molecule has 0 spiro atoms. The summed E-state index contributed by atoms with van der Waals surface area (Å²) in [5, 5.41) is 0. The molecule has 0 atom stereocenters. The zero-order chi connectivity index (χ0) is 9.61. The molecule has 0 bridgehead atoms. The Morgan fingerprint density at radius 2 is 1.92 bits per heavy atom. The van der Waals surface area contributed by atoms with Gasteiger partial charge in [-0.15, -0.1) is 0 Å². The van der Waals surface area contributed by atoms with E-state index in [9.17, 15) is 4.79 Å². The van der Waals surface area contributed by atoms with Gasteiger partial charge in [-0.1, -0.05) is 77.8 Å². The maximum Gasteiger partial charge on any atom is 0.243 e. The highest BCUT2D eigenvalue weighted by Crippen LogP contribution is 2.33. The molecule has 0 aliphatic rings. The summed E-state index contributed by atoms with van der Waals surface area (Å²) in [6, 6.07) is 0. The summed E-state index contributed by atoms with van der Waals surface area (Å²) < 4.78 is -0.372. The molecule has 0 aliphatic carbocycles. The van der Waals surface area contributed by atoms with Crippen LogP contribution in [0.2, 0.25) is 0 Å². The van der Waals surface area contributed by atoms with Crippen LogP contribution in [0.3, 0.4) is 0 Å². The molecule has 2 nitrogen and oxygen atoms in total. The highest BCUT2D eigenvalue weighted by Gasteiger charge is 2.28. The number of rotatable bonds is 6. The molecule has 0 aromatic carbocycles. The summed E-state index contributed by atoms with van der Waals surface area (Å²) in [6.45, 7) is 2.18. The number of carbonyl (C=O) groups excluding carboxylic acids is 1. The third-order valence-corrected chi connectivity index (χ3v) is 3.85. The maximum atomic E-state index is 10.9. The molecule has 0 aliphatic heterocycles. The normalized spacial score (nSPS) is 11.6. The number of amides is 1. The summed E-state index contributed by atoms with van der Waals surface area (Å²) in [5.74, 6) is -0.208. The number of hydrogen-bond donors (Lipinski definition) is 1. The third-order valence-electron chi connectivity index (χ3n) is 1.70. The monoisotopic (exact) mass is 395 g/mol. The van der Waals surface area contributed by atoms with Gasteiger partial charge in [-0.3, -0.25) is 4.79 Å². The van der Waals surface area contributed by atoms with Crippen LogP contribution >= 0.6 is 45.2 Å². The number of carbonyl (C=O) groups is 1. The molecular weight excluding hydrogens is 380 g/mol. The van der Waals surface area contributed by atoms with Crippen LogP contribution in [0.5, 0.6) is 0 Å². The fraction of sp³-hybridized carbons (Fsp3) is 0.875. The fourth-order valence-corrected chi connectivity index (χ4v) is 1.66. The van der Waals surface area contributed by atoms with Crippen molar-refractivity contribution in [2.45, 2.75) is 40.5 Å². The summed E-state index contributed by atoms with van der Waals surface area (Å²) in [4.78, 5) is 10.9. The van der Waals surface area contributed by atoms with Gasteiger partial charge in [0.15, 0.2) is 1.43 Å². The predicted molar refractivity (Wildman–Crippen MR) is 68.7 cm³/mol. The third kappa shape index (κ3) is 5.55. The quantitative estimate of drug-likeness (QED) is 0.420. The van der Waals surface area contributed by atoms with Gasteiger partial charge in [0.05, 0.1) is 0 Å². The number of unbranched alkanes of at least 4 members (excludes halogenated alkanes) is 3. The first kappa shape index (κ1) is 12.9. The van der Waals surface area contributed by atoms with E-state index in [-0.39, 0.29) is 7.34 Å². The average Bonchev–Trinajstić information content (AvgIpc) is 1.98. The topological polar surface area (TPSA) is 43.1 Å². The molecule has 0 saturated heterocycles. The highest BCUT2D eigenvalue weighted by atomic mass is 127. The second-order valence-corrected chi connectivity index (χ2v) is 8.63. The van der Waals surface area contributed by atoms with Crippen molar-refractivity contribution in [2.75, 3.05) is 0 Å². The molecule has 0 saturated carbocycles. The molecule has 2 N–H and O–H groups in total. The van der Waals surface area contributed by atoms with Crippen molar-refractivity contribution in [1.82, 2.24) is 0 Å². The van der Waals surface area contributed by atoms with Crippen LogP contribution in [-0.4, -0.2) is 7.34 Å². The lowest BCUT2D eigenvalue weighted by Crippen LogP contribution is -2.31. The van der Waals surface area contributed by atoms with E-state index in [1.54, 1.807) is 0 Å². The van der Waals surface area contributed by atoms with Gasteiger partial charge in [-0.2, -0.15) is 0 Å². The van der Waals surface area contributed by atoms with Crippen molar-refractivity contribution < 1.29 is 4.79 Å². The summed E-state index contributed by atoms with van der Waals surface area (Å²) in [5.41, 5.74) is 5.23. The van der Waals surface area contributed by atoms with Crippen LogP contribution in [-0.2, 0) is 4.79 Å². The van der Waals surface area contributed by atoms with Gasteiger partial charge in [0, 0.05) is 0 Å². The lowest BCUT2D eigenvalue weighted by molar-refractivity contribution is -0.117. The Morgan fingerprint density at radius 1 is 1.33 bits per heavy atom. The van der Waals surface area contributed by atoms with Crippen molar-refractivity contribution in [2.24, 2.45) is 5.73 Å².